The second-order valence-corrected chi connectivity index (χ2v) is 7.27. The number of ether oxygens (including phenoxy) is 2. The molecule has 6 nitrogen and oxygen atoms in total. The van der Waals surface area contributed by atoms with Gasteiger partial charge in [0.25, 0.3) is 10.0 Å². The van der Waals surface area contributed by atoms with Gasteiger partial charge in [-0.3, -0.25) is 9.10 Å². The van der Waals surface area contributed by atoms with Crippen LogP contribution in [-0.4, -0.2) is 34.6 Å². The summed E-state index contributed by atoms with van der Waals surface area (Å²) in [6.45, 7) is 1.80. The molecule has 0 amide bonds. The Morgan fingerprint density at radius 1 is 1.16 bits per heavy atom. The number of carbonyl (C=O) groups excluding carboxylic acids is 1. The van der Waals surface area contributed by atoms with E-state index in [0.717, 1.165) is 4.31 Å². The highest BCUT2D eigenvalue weighted by Crippen LogP contribution is 2.27. The van der Waals surface area contributed by atoms with Gasteiger partial charge in [-0.05, 0) is 43.3 Å². The fraction of sp³-hybridized carbons (Fsp3) is 0.235. The minimum atomic E-state index is -3.99. The molecule has 0 bridgehead atoms. The number of benzene rings is 2. The van der Waals surface area contributed by atoms with Crippen molar-refractivity contribution in [2.75, 3.05) is 24.6 Å². The number of rotatable bonds is 7. The van der Waals surface area contributed by atoms with Crippen molar-refractivity contribution >= 4 is 33.3 Å². The maximum absolute atomic E-state index is 13.0. The molecular weight excluding hydrogens is 366 g/mol. The topological polar surface area (TPSA) is 72.9 Å². The third-order valence-electron chi connectivity index (χ3n) is 3.32. The van der Waals surface area contributed by atoms with Crippen molar-refractivity contribution in [3.05, 3.63) is 53.6 Å². The molecule has 0 aromatic heterocycles. The third kappa shape index (κ3) is 4.64. The number of anilines is 1. The zero-order valence-electron chi connectivity index (χ0n) is 13.8. The molecule has 2 aromatic carbocycles. The first-order chi connectivity index (χ1) is 11.9. The maximum Gasteiger partial charge on any atom is 0.326 e. The summed E-state index contributed by atoms with van der Waals surface area (Å²) >= 11 is 5.82. The van der Waals surface area contributed by atoms with Gasteiger partial charge in [0.05, 0.1) is 24.3 Å². The average Bonchev–Trinajstić information content (AvgIpc) is 2.60. The summed E-state index contributed by atoms with van der Waals surface area (Å²) in [5.41, 5.74) is 0.298. The highest BCUT2D eigenvalue weighted by molar-refractivity contribution is 7.92. The van der Waals surface area contributed by atoms with Crippen LogP contribution in [0, 0.1) is 0 Å². The minimum Gasteiger partial charge on any atom is -0.494 e. The van der Waals surface area contributed by atoms with Crippen LogP contribution in [0.15, 0.2) is 53.4 Å². The van der Waals surface area contributed by atoms with Gasteiger partial charge in [0, 0.05) is 11.1 Å². The largest absolute Gasteiger partial charge is 0.494 e. The summed E-state index contributed by atoms with van der Waals surface area (Å²) in [6, 6.07) is 12.2. The van der Waals surface area contributed by atoms with E-state index in [2.05, 4.69) is 4.74 Å². The molecule has 0 fully saturated rings. The van der Waals surface area contributed by atoms with Crippen LogP contribution in [0.25, 0.3) is 0 Å². The van der Waals surface area contributed by atoms with Crippen molar-refractivity contribution in [1.82, 2.24) is 0 Å². The second kappa shape index (κ2) is 8.22. The number of esters is 1. The molecule has 25 heavy (non-hydrogen) atoms. The van der Waals surface area contributed by atoms with Crippen molar-refractivity contribution in [1.29, 1.82) is 0 Å². The molecule has 0 N–H and O–H groups in total. The molecule has 0 spiro atoms. The van der Waals surface area contributed by atoms with E-state index in [0.29, 0.717) is 23.1 Å². The fourth-order valence-electron chi connectivity index (χ4n) is 2.13. The molecule has 2 rings (SSSR count). The first kappa shape index (κ1) is 19.1. The number of methoxy groups -OCH3 is 1. The Morgan fingerprint density at radius 2 is 1.84 bits per heavy atom. The number of sulfonamides is 1. The minimum absolute atomic E-state index is 0.0163. The quantitative estimate of drug-likeness (QED) is 0.687. The lowest BCUT2D eigenvalue weighted by Gasteiger charge is -2.23. The number of hydrogen-bond acceptors (Lipinski definition) is 5. The van der Waals surface area contributed by atoms with Crippen LogP contribution >= 0.6 is 11.6 Å². The average molecular weight is 384 g/mol. The highest BCUT2D eigenvalue weighted by Gasteiger charge is 2.27. The van der Waals surface area contributed by atoms with Gasteiger partial charge >= 0.3 is 5.97 Å². The molecule has 8 heteroatoms. The molecule has 0 aliphatic carbocycles. The SMILES string of the molecule is CCOc1cccc(N(CC(=O)OC)S(=O)(=O)c2ccc(Cl)cc2)c1. The standard InChI is InChI=1S/C17H18ClNO5S/c1-3-24-15-6-4-5-14(11-15)19(12-17(20)23-2)25(21,22)16-9-7-13(18)8-10-16/h4-11H,3,12H2,1-2H3. The van der Waals surface area contributed by atoms with E-state index in [1.54, 1.807) is 24.3 Å². The van der Waals surface area contributed by atoms with Gasteiger partial charge in [-0.1, -0.05) is 17.7 Å². The van der Waals surface area contributed by atoms with E-state index in [1.807, 2.05) is 6.92 Å². The van der Waals surface area contributed by atoms with Crippen molar-refractivity contribution in [2.24, 2.45) is 0 Å². The molecule has 2 aromatic rings. The van der Waals surface area contributed by atoms with Gasteiger partial charge in [0.2, 0.25) is 0 Å². The van der Waals surface area contributed by atoms with E-state index >= 15 is 0 Å². The van der Waals surface area contributed by atoms with Gasteiger partial charge in [0.1, 0.15) is 12.3 Å². The first-order valence-electron chi connectivity index (χ1n) is 7.46. The monoisotopic (exact) mass is 383 g/mol. The Kier molecular flexibility index (Phi) is 6.27. The van der Waals surface area contributed by atoms with Crippen LogP contribution < -0.4 is 9.04 Å². The number of halogens is 1. The smallest absolute Gasteiger partial charge is 0.326 e. The fourth-order valence-corrected chi connectivity index (χ4v) is 3.65. The van der Waals surface area contributed by atoms with Crippen LogP contribution in [-0.2, 0) is 19.6 Å². The van der Waals surface area contributed by atoms with Gasteiger partial charge in [0.15, 0.2) is 0 Å². The lowest BCUT2D eigenvalue weighted by molar-refractivity contribution is -0.138. The maximum atomic E-state index is 13.0. The van der Waals surface area contributed by atoms with Crippen LogP contribution in [0.2, 0.25) is 5.02 Å². The Morgan fingerprint density at radius 3 is 2.44 bits per heavy atom. The molecule has 0 unspecified atom stereocenters. The van der Waals surface area contributed by atoms with E-state index in [9.17, 15) is 13.2 Å². The molecular formula is C17H18ClNO5S. The summed E-state index contributed by atoms with van der Waals surface area (Å²) in [4.78, 5) is 11.8. The van der Waals surface area contributed by atoms with E-state index in [4.69, 9.17) is 16.3 Å². The Labute approximate surface area is 152 Å². The third-order valence-corrected chi connectivity index (χ3v) is 5.36. The Hall–Kier alpha value is -2.25. The zero-order valence-corrected chi connectivity index (χ0v) is 15.4. The van der Waals surface area contributed by atoms with Gasteiger partial charge in [-0.25, -0.2) is 8.42 Å². The summed E-state index contributed by atoms with van der Waals surface area (Å²) in [7, 11) is -2.79. The zero-order chi connectivity index (χ0) is 18.4. The lowest BCUT2D eigenvalue weighted by atomic mass is 10.3. The highest BCUT2D eigenvalue weighted by atomic mass is 35.5. The number of nitrogens with zero attached hydrogens (tertiary/aromatic N) is 1. The molecule has 0 aliphatic rings. The predicted molar refractivity (Wildman–Crippen MR) is 95.6 cm³/mol. The van der Waals surface area contributed by atoms with Crippen LogP contribution in [0.4, 0.5) is 5.69 Å². The molecule has 0 aliphatic heterocycles. The first-order valence-corrected chi connectivity index (χ1v) is 9.28. The van der Waals surface area contributed by atoms with E-state index in [1.165, 1.54) is 31.4 Å². The summed E-state index contributed by atoms with van der Waals surface area (Å²) < 4.78 is 37.0. The van der Waals surface area contributed by atoms with Gasteiger partial charge < -0.3 is 9.47 Å². The molecule has 134 valence electrons. The van der Waals surface area contributed by atoms with Crippen molar-refractivity contribution < 1.29 is 22.7 Å². The van der Waals surface area contributed by atoms with Crippen molar-refractivity contribution in [2.45, 2.75) is 11.8 Å². The molecule has 0 heterocycles. The lowest BCUT2D eigenvalue weighted by Crippen LogP contribution is -2.36. The van der Waals surface area contributed by atoms with E-state index < -0.39 is 22.5 Å². The Balaban J connectivity index is 2.50. The number of hydrogen-bond donors (Lipinski definition) is 0. The molecule has 0 radical (unpaired) electrons. The normalized spacial score (nSPS) is 11.0. The van der Waals surface area contributed by atoms with E-state index in [-0.39, 0.29) is 4.90 Å². The van der Waals surface area contributed by atoms with Crippen LogP contribution in [0.5, 0.6) is 5.75 Å². The molecule has 0 saturated heterocycles. The van der Waals surface area contributed by atoms with Crippen LogP contribution in [0.1, 0.15) is 6.92 Å². The molecule has 0 saturated carbocycles. The van der Waals surface area contributed by atoms with Crippen LogP contribution in [0.3, 0.4) is 0 Å². The summed E-state index contributed by atoms with van der Waals surface area (Å²) in [5, 5.41) is 0.414. The predicted octanol–water partition coefficient (Wildman–Crippen LogP) is 3.11. The van der Waals surface area contributed by atoms with Gasteiger partial charge in [-0.2, -0.15) is 0 Å². The molecule has 0 atom stereocenters. The number of carbonyl (C=O) groups is 1. The second-order valence-electron chi connectivity index (χ2n) is 4.97. The van der Waals surface area contributed by atoms with Crippen molar-refractivity contribution in [3.63, 3.8) is 0 Å². The van der Waals surface area contributed by atoms with Crippen molar-refractivity contribution in [3.8, 4) is 5.75 Å². The van der Waals surface area contributed by atoms with Gasteiger partial charge in [-0.15, -0.1) is 0 Å². The summed E-state index contributed by atoms with van der Waals surface area (Å²) in [6.07, 6.45) is 0. The summed E-state index contributed by atoms with van der Waals surface area (Å²) in [5.74, 6) is -0.180. The Bertz CT molecular complexity index is 836.